The van der Waals surface area contributed by atoms with E-state index in [4.69, 9.17) is 11.6 Å². The molecule has 0 nitrogen and oxygen atoms in total. The largest absolute Gasteiger partial charge is 0.122 e. The van der Waals surface area contributed by atoms with Crippen molar-refractivity contribution in [2.75, 3.05) is 5.33 Å². The summed E-state index contributed by atoms with van der Waals surface area (Å²) in [6.45, 7) is 0. The summed E-state index contributed by atoms with van der Waals surface area (Å²) in [5, 5.41) is 0.926. The van der Waals surface area contributed by atoms with Crippen LogP contribution in [0.1, 0.15) is 17.5 Å². The molecule has 68 valence electrons. The zero-order valence-electron chi connectivity index (χ0n) is 7.19. The van der Waals surface area contributed by atoms with E-state index in [0.29, 0.717) is 5.88 Å². The van der Waals surface area contributed by atoms with Crippen molar-refractivity contribution in [3.05, 3.63) is 35.4 Å². The summed E-state index contributed by atoms with van der Waals surface area (Å²) in [5.74, 6) is 6.69. The normalized spacial score (nSPS) is 9.08. The predicted octanol–water partition coefficient (Wildman–Crippen LogP) is 3.56. The molecule has 0 saturated carbocycles. The van der Waals surface area contributed by atoms with Gasteiger partial charge >= 0.3 is 0 Å². The molecule has 0 bridgehead atoms. The molecule has 0 fully saturated rings. The summed E-state index contributed by atoms with van der Waals surface area (Å²) in [4.78, 5) is 0. The highest BCUT2D eigenvalue weighted by Gasteiger charge is 1.90. The lowest BCUT2D eigenvalue weighted by atomic mass is 10.1. The van der Waals surface area contributed by atoms with E-state index in [1.165, 1.54) is 0 Å². The molecule has 1 rings (SSSR count). The number of alkyl halides is 2. The molecule has 1 aromatic carbocycles. The van der Waals surface area contributed by atoms with Crippen molar-refractivity contribution in [2.24, 2.45) is 0 Å². The van der Waals surface area contributed by atoms with Crippen LogP contribution in [0, 0.1) is 11.8 Å². The van der Waals surface area contributed by atoms with Crippen molar-refractivity contribution in [2.45, 2.75) is 12.3 Å². The third-order valence-corrected chi connectivity index (χ3v) is 2.24. The van der Waals surface area contributed by atoms with Gasteiger partial charge in [-0.05, 0) is 17.7 Å². The lowest BCUT2D eigenvalue weighted by Gasteiger charge is -1.94. The zero-order valence-corrected chi connectivity index (χ0v) is 9.53. The molecule has 0 N–H and O–H groups in total. The highest BCUT2D eigenvalue weighted by molar-refractivity contribution is 9.09. The minimum absolute atomic E-state index is 0.550. The highest BCUT2D eigenvalue weighted by Crippen LogP contribution is 2.06. The Morgan fingerprint density at radius 2 is 2.23 bits per heavy atom. The second-order valence-corrected chi connectivity index (χ2v) is 3.64. The summed E-state index contributed by atoms with van der Waals surface area (Å²) < 4.78 is 0. The van der Waals surface area contributed by atoms with E-state index < -0.39 is 0 Å². The Morgan fingerprint density at radius 3 is 2.92 bits per heavy atom. The topological polar surface area (TPSA) is 0 Å². The molecule has 0 unspecified atom stereocenters. The molecule has 0 radical (unpaired) electrons. The molecule has 0 aromatic heterocycles. The molecule has 0 atom stereocenters. The lowest BCUT2D eigenvalue weighted by molar-refractivity contribution is 1.32. The van der Waals surface area contributed by atoms with Crippen LogP contribution < -0.4 is 0 Å². The van der Waals surface area contributed by atoms with Crippen molar-refractivity contribution in [3.8, 4) is 11.8 Å². The Balaban J connectivity index is 2.73. The van der Waals surface area contributed by atoms with E-state index in [1.807, 2.05) is 24.3 Å². The summed E-state index contributed by atoms with van der Waals surface area (Å²) in [6, 6.07) is 8.00. The van der Waals surface area contributed by atoms with Crippen LogP contribution >= 0.6 is 27.5 Å². The second kappa shape index (κ2) is 6.07. The van der Waals surface area contributed by atoms with Gasteiger partial charge in [0.25, 0.3) is 0 Å². The van der Waals surface area contributed by atoms with Gasteiger partial charge < -0.3 is 0 Å². The van der Waals surface area contributed by atoms with Crippen LogP contribution in [0.4, 0.5) is 0 Å². The Morgan fingerprint density at radius 1 is 1.38 bits per heavy atom. The number of rotatable bonds is 2. The van der Waals surface area contributed by atoms with Crippen LogP contribution in [0.3, 0.4) is 0 Å². The van der Waals surface area contributed by atoms with Gasteiger partial charge in [-0.1, -0.05) is 39.9 Å². The van der Waals surface area contributed by atoms with E-state index in [2.05, 4.69) is 27.8 Å². The average molecular weight is 258 g/mol. The first kappa shape index (κ1) is 10.6. The fraction of sp³-hybridized carbons (Fsp3) is 0.273. The minimum atomic E-state index is 0.550. The minimum Gasteiger partial charge on any atom is -0.122 e. The predicted molar refractivity (Wildman–Crippen MR) is 61.3 cm³/mol. The van der Waals surface area contributed by atoms with E-state index in [-0.39, 0.29) is 0 Å². The van der Waals surface area contributed by atoms with E-state index in [0.717, 1.165) is 22.9 Å². The molecule has 0 amide bonds. The van der Waals surface area contributed by atoms with Gasteiger partial charge in [0.2, 0.25) is 0 Å². The first-order valence-corrected chi connectivity index (χ1v) is 5.72. The van der Waals surface area contributed by atoms with Crippen LogP contribution in [-0.4, -0.2) is 5.33 Å². The third-order valence-electron chi connectivity index (χ3n) is 1.53. The van der Waals surface area contributed by atoms with Crippen molar-refractivity contribution in [1.29, 1.82) is 0 Å². The maximum atomic E-state index is 5.70. The SMILES string of the molecule is ClCc1cccc(C#CCCBr)c1. The summed E-state index contributed by atoms with van der Waals surface area (Å²) in [7, 11) is 0. The summed E-state index contributed by atoms with van der Waals surface area (Å²) in [5.41, 5.74) is 2.16. The number of hydrogen-bond acceptors (Lipinski definition) is 0. The van der Waals surface area contributed by atoms with Gasteiger partial charge in [0.1, 0.15) is 0 Å². The van der Waals surface area contributed by atoms with Crippen molar-refractivity contribution in [1.82, 2.24) is 0 Å². The molecule has 0 heterocycles. The standard InChI is InChI=1S/C11H10BrCl/c12-7-2-1-4-10-5-3-6-11(8-10)9-13/h3,5-6,8H,2,7,9H2. The Hall–Kier alpha value is -0.450. The molecule has 13 heavy (non-hydrogen) atoms. The van der Waals surface area contributed by atoms with Crippen LogP contribution in [0.25, 0.3) is 0 Å². The highest BCUT2D eigenvalue weighted by atomic mass is 79.9. The molecular formula is C11H10BrCl. The van der Waals surface area contributed by atoms with Crippen LogP contribution in [0.5, 0.6) is 0 Å². The van der Waals surface area contributed by atoms with Gasteiger partial charge in [0.15, 0.2) is 0 Å². The quantitative estimate of drug-likeness (QED) is 0.561. The van der Waals surface area contributed by atoms with Gasteiger partial charge in [-0.2, -0.15) is 0 Å². The van der Waals surface area contributed by atoms with Crippen LogP contribution in [0.15, 0.2) is 24.3 Å². The zero-order chi connectivity index (χ0) is 9.52. The van der Waals surface area contributed by atoms with E-state index in [9.17, 15) is 0 Å². The second-order valence-electron chi connectivity index (χ2n) is 2.57. The summed E-state index contributed by atoms with van der Waals surface area (Å²) in [6.07, 6.45) is 0.880. The summed E-state index contributed by atoms with van der Waals surface area (Å²) >= 11 is 9.03. The monoisotopic (exact) mass is 256 g/mol. The fourth-order valence-corrected chi connectivity index (χ4v) is 1.31. The molecular weight excluding hydrogens is 247 g/mol. The smallest absolute Gasteiger partial charge is 0.0474 e. The molecule has 0 aliphatic carbocycles. The maximum Gasteiger partial charge on any atom is 0.0474 e. The Labute approximate surface area is 92.4 Å². The average Bonchev–Trinajstić information content (AvgIpc) is 2.19. The molecule has 0 saturated heterocycles. The molecule has 2 heteroatoms. The van der Waals surface area contributed by atoms with E-state index in [1.54, 1.807) is 0 Å². The van der Waals surface area contributed by atoms with Crippen LogP contribution in [-0.2, 0) is 5.88 Å². The van der Waals surface area contributed by atoms with Gasteiger partial charge in [0.05, 0.1) is 0 Å². The molecule has 0 aliphatic rings. The van der Waals surface area contributed by atoms with Crippen molar-refractivity contribution in [3.63, 3.8) is 0 Å². The number of hydrogen-bond donors (Lipinski definition) is 0. The molecule has 0 aliphatic heterocycles. The Bertz CT molecular complexity index is 322. The number of halogens is 2. The van der Waals surface area contributed by atoms with Gasteiger partial charge in [-0.25, -0.2) is 0 Å². The molecule has 0 spiro atoms. The lowest BCUT2D eigenvalue weighted by Crippen LogP contribution is -1.79. The van der Waals surface area contributed by atoms with Gasteiger partial charge in [0, 0.05) is 23.2 Å². The fourth-order valence-electron chi connectivity index (χ4n) is 0.944. The first-order chi connectivity index (χ1) is 6.36. The molecule has 1 aromatic rings. The van der Waals surface area contributed by atoms with Crippen molar-refractivity contribution >= 4 is 27.5 Å². The van der Waals surface area contributed by atoms with Gasteiger partial charge in [-0.3, -0.25) is 0 Å². The Kier molecular flexibility index (Phi) is 4.97. The maximum absolute atomic E-state index is 5.70. The first-order valence-electron chi connectivity index (χ1n) is 4.06. The third kappa shape index (κ3) is 3.85. The van der Waals surface area contributed by atoms with Crippen LogP contribution in [0.2, 0.25) is 0 Å². The van der Waals surface area contributed by atoms with E-state index >= 15 is 0 Å². The van der Waals surface area contributed by atoms with Gasteiger partial charge in [-0.15, -0.1) is 11.6 Å². The number of benzene rings is 1. The van der Waals surface area contributed by atoms with Crippen molar-refractivity contribution < 1.29 is 0 Å².